The van der Waals surface area contributed by atoms with Crippen molar-refractivity contribution in [2.24, 2.45) is 0 Å². The summed E-state index contributed by atoms with van der Waals surface area (Å²) in [6, 6.07) is 5.32. The molecular weight excluding hydrogens is 332 g/mol. The van der Waals surface area contributed by atoms with Gasteiger partial charge in [-0.25, -0.2) is 4.79 Å². The molecule has 3 aromatic rings. The lowest BCUT2D eigenvalue weighted by atomic mass is 10.2. The molecule has 0 unspecified atom stereocenters. The summed E-state index contributed by atoms with van der Waals surface area (Å²) in [5.41, 5.74) is 4.04. The fraction of sp³-hybridized carbons (Fsp3) is 0.333. The van der Waals surface area contributed by atoms with Crippen molar-refractivity contribution in [1.82, 2.24) is 24.8 Å². The highest BCUT2D eigenvalue weighted by Gasteiger charge is 2.17. The standard InChI is InChI=1S/C18H22N6O2/c1-5-24-13(3)17(12(2)21-24)20-18(25)23(4)11-15-9-16(22-26-15)14-7-6-8-19-10-14/h6-10H,5,11H2,1-4H3,(H,20,25). The number of hydrogen-bond acceptors (Lipinski definition) is 5. The first kappa shape index (κ1) is 17.7. The third-order valence-electron chi connectivity index (χ3n) is 4.17. The Balaban J connectivity index is 1.67. The van der Waals surface area contributed by atoms with E-state index >= 15 is 0 Å². The third-order valence-corrected chi connectivity index (χ3v) is 4.17. The fourth-order valence-electron chi connectivity index (χ4n) is 2.73. The molecule has 0 fully saturated rings. The zero-order valence-electron chi connectivity index (χ0n) is 15.4. The van der Waals surface area contributed by atoms with Gasteiger partial charge in [-0.15, -0.1) is 0 Å². The van der Waals surface area contributed by atoms with Crippen molar-refractivity contribution in [3.05, 3.63) is 47.7 Å². The normalized spacial score (nSPS) is 10.8. The van der Waals surface area contributed by atoms with Gasteiger partial charge >= 0.3 is 6.03 Å². The van der Waals surface area contributed by atoms with Gasteiger partial charge in [0.15, 0.2) is 5.76 Å². The van der Waals surface area contributed by atoms with Crippen LogP contribution in [0.5, 0.6) is 0 Å². The molecule has 0 aliphatic carbocycles. The van der Waals surface area contributed by atoms with Crippen LogP contribution in [0.15, 0.2) is 35.1 Å². The topological polar surface area (TPSA) is 89.1 Å². The SMILES string of the molecule is CCn1nc(C)c(NC(=O)N(C)Cc2cc(-c3cccnc3)no2)c1C. The molecule has 0 atom stereocenters. The number of amides is 2. The number of rotatable bonds is 5. The predicted octanol–water partition coefficient (Wildman–Crippen LogP) is 3.23. The Kier molecular flexibility index (Phi) is 5.01. The number of anilines is 1. The summed E-state index contributed by atoms with van der Waals surface area (Å²) in [5.74, 6) is 0.596. The van der Waals surface area contributed by atoms with Gasteiger partial charge in [-0.3, -0.25) is 9.67 Å². The molecule has 8 nitrogen and oxygen atoms in total. The maximum atomic E-state index is 12.5. The zero-order chi connectivity index (χ0) is 18.7. The number of carbonyl (C=O) groups is 1. The van der Waals surface area contributed by atoms with Crippen LogP contribution in [-0.4, -0.2) is 37.9 Å². The Hall–Kier alpha value is -3.16. The predicted molar refractivity (Wildman–Crippen MR) is 97.6 cm³/mol. The van der Waals surface area contributed by atoms with E-state index in [-0.39, 0.29) is 6.03 Å². The van der Waals surface area contributed by atoms with Gasteiger partial charge in [-0.1, -0.05) is 5.16 Å². The second-order valence-electron chi connectivity index (χ2n) is 6.07. The molecular formula is C18H22N6O2. The van der Waals surface area contributed by atoms with E-state index in [4.69, 9.17) is 4.52 Å². The molecule has 0 aliphatic heterocycles. The molecule has 2 amide bonds. The summed E-state index contributed by atoms with van der Waals surface area (Å²) in [5, 5.41) is 11.4. The van der Waals surface area contributed by atoms with Gasteiger partial charge in [-0.05, 0) is 32.9 Å². The smallest absolute Gasteiger partial charge is 0.322 e. The van der Waals surface area contributed by atoms with Gasteiger partial charge in [0.25, 0.3) is 0 Å². The lowest BCUT2D eigenvalue weighted by Gasteiger charge is -2.16. The van der Waals surface area contributed by atoms with Crippen LogP contribution in [0, 0.1) is 13.8 Å². The Morgan fingerprint density at radius 3 is 2.85 bits per heavy atom. The maximum absolute atomic E-state index is 12.5. The molecule has 0 aromatic carbocycles. The number of nitrogens with one attached hydrogen (secondary N) is 1. The summed E-state index contributed by atoms with van der Waals surface area (Å²) < 4.78 is 7.21. The summed E-state index contributed by atoms with van der Waals surface area (Å²) in [4.78, 5) is 18.1. The van der Waals surface area contributed by atoms with Gasteiger partial charge in [0, 0.05) is 37.6 Å². The maximum Gasteiger partial charge on any atom is 0.322 e. The third kappa shape index (κ3) is 3.58. The van der Waals surface area contributed by atoms with E-state index in [1.807, 2.05) is 43.7 Å². The van der Waals surface area contributed by atoms with Crippen LogP contribution in [0.4, 0.5) is 10.5 Å². The molecule has 0 aliphatic rings. The van der Waals surface area contributed by atoms with Gasteiger partial charge in [0.05, 0.1) is 23.6 Å². The Morgan fingerprint density at radius 2 is 2.19 bits per heavy atom. The van der Waals surface area contributed by atoms with E-state index in [0.717, 1.165) is 29.2 Å². The van der Waals surface area contributed by atoms with E-state index in [1.54, 1.807) is 19.4 Å². The monoisotopic (exact) mass is 354 g/mol. The van der Waals surface area contributed by atoms with E-state index in [9.17, 15) is 4.79 Å². The van der Waals surface area contributed by atoms with Crippen LogP contribution in [0.2, 0.25) is 0 Å². The number of pyridine rings is 1. The number of carbonyl (C=O) groups excluding carboxylic acids is 1. The number of nitrogens with zero attached hydrogens (tertiary/aromatic N) is 5. The van der Waals surface area contributed by atoms with Crippen molar-refractivity contribution in [3.8, 4) is 11.3 Å². The average molecular weight is 354 g/mol. The molecule has 3 rings (SSSR count). The van der Waals surface area contributed by atoms with Crippen LogP contribution in [0.25, 0.3) is 11.3 Å². The Morgan fingerprint density at radius 1 is 1.38 bits per heavy atom. The first-order valence-corrected chi connectivity index (χ1v) is 8.41. The fourth-order valence-corrected chi connectivity index (χ4v) is 2.73. The average Bonchev–Trinajstić information content (AvgIpc) is 3.22. The minimum absolute atomic E-state index is 0.230. The second-order valence-corrected chi connectivity index (χ2v) is 6.07. The number of hydrogen-bond donors (Lipinski definition) is 1. The van der Waals surface area contributed by atoms with Gasteiger partial charge < -0.3 is 14.7 Å². The van der Waals surface area contributed by atoms with E-state index in [2.05, 4.69) is 20.6 Å². The van der Waals surface area contributed by atoms with E-state index in [1.165, 1.54) is 4.90 Å². The van der Waals surface area contributed by atoms with Gasteiger partial charge in [0.1, 0.15) is 5.69 Å². The summed E-state index contributed by atoms with van der Waals surface area (Å²) in [6.07, 6.45) is 3.42. The molecule has 0 radical (unpaired) electrons. The van der Waals surface area contributed by atoms with Crippen molar-refractivity contribution in [1.29, 1.82) is 0 Å². The first-order chi connectivity index (χ1) is 12.5. The van der Waals surface area contributed by atoms with Crippen molar-refractivity contribution < 1.29 is 9.32 Å². The number of aromatic nitrogens is 4. The van der Waals surface area contributed by atoms with Crippen LogP contribution >= 0.6 is 0 Å². The Labute approximate surface area is 151 Å². The van der Waals surface area contributed by atoms with Crippen LogP contribution in [-0.2, 0) is 13.1 Å². The van der Waals surface area contributed by atoms with E-state index in [0.29, 0.717) is 18.0 Å². The molecule has 0 bridgehead atoms. The summed E-state index contributed by atoms with van der Waals surface area (Å²) >= 11 is 0. The largest absolute Gasteiger partial charge is 0.359 e. The summed E-state index contributed by atoms with van der Waals surface area (Å²) in [6.45, 7) is 6.90. The summed E-state index contributed by atoms with van der Waals surface area (Å²) in [7, 11) is 1.70. The van der Waals surface area contributed by atoms with Crippen molar-refractivity contribution in [2.75, 3.05) is 12.4 Å². The second kappa shape index (κ2) is 7.38. The molecule has 0 saturated heterocycles. The van der Waals surface area contributed by atoms with Crippen molar-refractivity contribution in [2.45, 2.75) is 33.9 Å². The van der Waals surface area contributed by atoms with Gasteiger partial charge in [0.2, 0.25) is 0 Å². The molecule has 3 heterocycles. The van der Waals surface area contributed by atoms with E-state index < -0.39 is 0 Å². The van der Waals surface area contributed by atoms with Crippen LogP contribution < -0.4 is 5.32 Å². The van der Waals surface area contributed by atoms with Crippen molar-refractivity contribution in [3.63, 3.8) is 0 Å². The molecule has 8 heteroatoms. The minimum Gasteiger partial charge on any atom is -0.359 e. The quantitative estimate of drug-likeness (QED) is 0.760. The Bertz CT molecular complexity index is 900. The number of aryl methyl sites for hydroxylation is 2. The molecule has 0 saturated carbocycles. The van der Waals surface area contributed by atoms with Crippen molar-refractivity contribution >= 4 is 11.7 Å². The molecule has 1 N–H and O–H groups in total. The minimum atomic E-state index is -0.230. The van der Waals surface area contributed by atoms with Crippen LogP contribution in [0.3, 0.4) is 0 Å². The number of urea groups is 1. The zero-order valence-corrected chi connectivity index (χ0v) is 15.4. The lowest BCUT2D eigenvalue weighted by Crippen LogP contribution is -2.31. The highest BCUT2D eigenvalue weighted by Crippen LogP contribution is 2.21. The molecule has 136 valence electrons. The molecule has 26 heavy (non-hydrogen) atoms. The van der Waals surface area contributed by atoms with Gasteiger partial charge in [-0.2, -0.15) is 5.10 Å². The molecule has 0 spiro atoms. The lowest BCUT2D eigenvalue weighted by molar-refractivity contribution is 0.214. The highest BCUT2D eigenvalue weighted by atomic mass is 16.5. The first-order valence-electron chi connectivity index (χ1n) is 8.41. The highest BCUT2D eigenvalue weighted by molar-refractivity contribution is 5.90. The van der Waals surface area contributed by atoms with Crippen LogP contribution in [0.1, 0.15) is 24.1 Å². The molecule has 3 aromatic heterocycles.